The fourth-order valence-electron chi connectivity index (χ4n) is 3.10. The van der Waals surface area contributed by atoms with E-state index in [2.05, 4.69) is 16.8 Å². The van der Waals surface area contributed by atoms with Crippen LogP contribution in [0.1, 0.15) is 26.2 Å². The molecule has 0 radical (unpaired) electrons. The lowest BCUT2D eigenvalue weighted by atomic mass is 10.2. The van der Waals surface area contributed by atoms with E-state index in [0.29, 0.717) is 12.6 Å². The van der Waals surface area contributed by atoms with Gasteiger partial charge in [0, 0.05) is 44.0 Å². The second-order valence-corrected chi connectivity index (χ2v) is 6.98. The molecule has 1 aliphatic carbocycles. The van der Waals surface area contributed by atoms with E-state index in [1.54, 1.807) is 0 Å². The molecule has 0 unspecified atom stereocenters. The molecule has 0 aromatic heterocycles. The molecule has 1 aliphatic heterocycles. The summed E-state index contributed by atoms with van der Waals surface area (Å²) in [5.41, 5.74) is 1.72. The summed E-state index contributed by atoms with van der Waals surface area (Å²) in [7, 11) is 1.89. The van der Waals surface area contributed by atoms with Crippen LogP contribution in [0.15, 0.2) is 36.4 Å². The molecule has 130 valence electrons. The zero-order valence-corrected chi connectivity index (χ0v) is 14.6. The Morgan fingerprint density at radius 2 is 2.21 bits per heavy atom. The zero-order valence-electron chi connectivity index (χ0n) is 14.6. The molecule has 0 bridgehead atoms. The summed E-state index contributed by atoms with van der Waals surface area (Å²) >= 11 is 0. The van der Waals surface area contributed by atoms with Crippen molar-refractivity contribution >= 4 is 11.7 Å². The van der Waals surface area contributed by atoms with Crippen LogP contribution in [0, 0.1) is 0 Å². The minimum Gasteiger partial charge on any atom is -0.489 e. The topological polar surface area (TPSA) is 44.8 Å². The Bertz CT molecular complexity index is 612. The maximum absolute atomic E-state index is 12.5. The van der Waals surface area contributed by atoms with Gasteiger partial charge in [-0.1, -0.05) is 12.6 Å². The fourth-order valence-corrected chi connectivity index (χ4v) is 3.10. The number of likely N-dealkylation sites (tertiary alicyclic amines) is 1. The van der Waals surface area contributed by atoms with Gasteiger partial charge in [0.1, 0.15) is 12.4 Å². The van der Waals surface area contributed by atoms with Crippen LogP contribution in [0.2, 0.25) is 0 Å². The summed E-state index contributed by atoms with van der Waals surface area (Å²) in [5, 5.41) is 2.97. The number of likely N-dealkylation sites (N-methyl/N-ethyl adjacent to an activating group) is 1. The van der Waals surface area contributed by atoms with Crippen LogP contribution in [-0.2, 0) is 0 Å². The van der Waals surface area contributed by atoms with Crippen molar-refractivity contribution in [2.45, 2.75) is 38.3 Å². The van der Waals surface area contributed by atoms with Gasteiger partial charge in [-0.2, -0.15) is 0 Å². The molecule has 2 fully saturated rings. The van der Waals surface area contributed by atoms with E-state index in [1.165, 1.54) is 12.8 Å². The summed E-state index contributed by atoms with van der Waals surface area (Å²) in [6.45, 7) is 8.34. The highest BCUT2D eigenvalue weighted by molar-refractivity contribution is 5.89. The number of nitrogens with zero attached hydrogens (tertiary/aromatic N) is 2. The van der Waals surface area contributed by atoms with Gasteiger partial charge in [0.15, 0.2) is 0 Å². The van der Waals surface area contributed by atoms with Gasteiger partial charge < -0.3 is 15.0 Å². The Morgan fingerprint density at radius 3 is 2.92 bits per heavy atom. The van der Waals surface area contributed by atoms with E-state index in [1.807, 2.05) is 43.1 Å². The van der Waals surface area contributed by atoms with Crippen LogP contribution < -0.4 is 10.1 Å². The normalized spacial score (nSPS) is 20.7. The van der Waals surface area contributed by atoms with Gasteiger partial charge in [0.05, 0.1) is 0 Å². The third kappa shape index (κ3) is 4.29. The predicted octanol–water partition coefficient (Wildman–Crippen LogP) is 3.34. The lowest BCUT2D eigenvalue weighted by molar-refractivity contribution is 0.201. The van der Waals surface area contributed by atoms with E-state index in [4.69, 9.17) is 4.74 Å². The molecule has 3 rings (SSSR count). The van der Waals surface area contributed by atoms with E-state index >= 15 is 0 Å². The monoisotopic (exact) mass is 329 g/mol. The average Bonchev–Trinajstić information content (AvgIpc) is 3.30. The summed E-state index contributed by atoms with van der Waals surface area (Å²) in [6.07, 6.45) is 3.70. The number of benzene rings is 1. The predicted molar refractivity (Wildman–Crippen MR) is 96.5 cm³/mol. The number of rotatable bonds is 6. The van der Waals surface area contributed by atoms with Gasteiger partial charge in [-0.3, -0.25) is 4.90 Å². The molecule has 1 saturated heterocycles. The molecule has 0 spiro atoms. The largest absolute Gasteiger partial charge is 0.489 e. The van der Waals surface area contributed by atoms with E-state index < -0.39 is 0 Å². The van der Waals surface area contributed by atoms with Crippen molar-refractivity contribution < 1.29 is 9.53 Å². The molecule has 2 aliphatic rings. The summed E-state index contributed by atoms with van der Waals surface area (Å²) in [6, 6.07) is 8.50. The van der Waals surface area contributed by atoms with E-state index in [0.717, 1.165) is 42.6 Å². The minimum atomic E-state index is -0.0605. The Morgan fingerprint density at radius 1 is 1.42 bits per heavy atom. The van der Waals surface area contributed by atoms with Crippen LogP contribution in [0.5, 0.6) is 5.75 Å². The highest BCUT2D eigenvalue weighted by Crippen LogP contribution is 2.31. The van der Waals surface area contributed by atoms with Crippen LogP contribution in [0.25, 0.3) is 0 Å². The molecule has 5 heteroatoms. The molecular formula is C19H27N3O2. The molecule has 1 aromatic carbocycles. The molecule has 1 aromatic rings. The second kappa shape index (κ2) is 7.26. The van der Waals surface area contributed by atoms with Gasteiger partial charge in [0.2, 0.25) is 0 Å². The molecule has 1 heterocycles. The van der Waals surface area contributed by atoms with E-state index in [-0.39, 0.29) is 6.03 Å². The lowest BCUT2D eigenvalue weighted by Crippen LogP contribution is -2.41. The first-order valence-corrected chi connectivity index (χ1v) is 8.68. The number of hydrogen-bond donors (Lipinski definition) is 1. The third-order valence-electron chi connectivity index (χ3n) is 4.70. The number of ether oxygens (including phenoxy) is 1. The molecule has 1 saturated carbocycles. The minimum absolute atomic E-state index is 0.0605. The first-order valence-electron chi connectivity index (χ1n) is 8.68. The number of urea groups is 1. The zero-order chi connectivity index (χ0) is 17.1. The Kier molecular flexibility index (Phi) is 5.09. The van der Waals surface area contributed by atoms with Gasteiger partial charge in [0.25, 0.3) is 0 Å². The van der Waals surface area contributed by atoms with Crippen molar-refractivity contribution in [2.75, 3.05) is 32.1 Å². The smallest absolute Gasteiger partial charge is 0.321 e. The Balaban J connectivity index is 1.53. The Labute approximate surface area is 144 Å². The number of anilines is 1. The van der Waals surface area contributed by atoms with Gasteiger partial charge in [-0.25, -0.2) is 4.79 Å². The molecule has 2 amide bonds. The van der Waals surface area contributed by atoms with Gasteiger partial charge >= 0.3 is 6.03 Å². The molecule has 1 N–H and O–H groups in total. The summed E-state index contributed by atoms with van der Waals surface area (Å²) in [4.78, 5) is 16.9. The first-order chi connectivity index (χ1) is 11.5. The van der Waals surface area contributed by atoms with Gasteiger partial charge in [-0.15, -0.1) is 0 Å². The van der Waals surface area contributed by atoms with Crippen LogP contribution in [-0.4, -0.2) is 54.7 Å². The van der Waals surface area contributed by atoms with Crippen LogP contribution in [0.4, 0.5) is 10.5 Å². The number of amides is 2. The van der Waals surface area contributed by atoms with Crippen LogP contribution >= 0.6 is 0 Å². The first kappa shape index (κ1) is 16.8. The number of hydrogen-bond acceptors (Lipinski definition) is 3. The van der Waals surface area contributed by atoms with Crippen molar-refractivity contribution in [3.8, 4) is 5.75 Å². The van der Waals surface area contributed by atoms with Gasteiger partial charge in [-0.05, 0) is 43.9 Å². The molecule has 24 heavy (non-hydrogen) atoms. The second-order valence-electron chi connectivity index (χ2n) is 6.98. The van der Waals surface area contributed by atoms with Crippen LogP contribution in [0.3, 0.4) is 0 Å². The van der Waals surface area contributed by atoms with Crippen molar-refractivity contribution in [3.63, 3.8) is 0 Å². The summed E-state index contributed by atoms with van der Waals surface area (Å²) in [5.74, 6) is 0.735. The Hall–Kier alpha value is -2.01. The van der Waals surface area contributed by atoms with Crippen molar-refractivity contribution in [3.05, 3.63) is 36.4 Å². The van der Waals surface area contributed by atoms with Crippen molar-refractivity contribution in [1.29, 1.82) is 0 Å². The number of nitrogens with one attached hydrogen (secondary N) is 1. The summed E-state index contributed by atoms with van der Waals surface area (Å²) < 4.78 is 5.63. The molecule has 5 nitrogen and oxygen atoms in total. The van der Waals surface area contributed by atoms with E-state index in [9.17, 15) is 4.79 Å². The fraction of sp³-hybridized carbons (Fsp3) is 0.526. The average molecular weight is 329 g/mol. The number of carbonyl (C=O) groups is 1. The third-order valence-corrected chi connectivity index (χ3v) is 4.70. The van der Waals surface area contributed by atoms with Crippen molar-refractivity contribution in [1.82, 2.24) is 9.80 Å². The molecule has 1 atom stereocenters. The molecular weight excluding hydrogens is 302 g/mol. The SMILES string of the molecule is C=C(C)COc1cccc(NC(=O)N(C)[C@H]2CCN(C3CC3)C2)c1. The maximum atomic E-state index is 12.5. The number of carbonyl (C=O) groups excluding carboxylic acids is 1. The quantitative estimate of drug-likeness (QED) is 0.814. The standard InChI is InChI=1S/C19H27N3O2/c1-14(2)13-24-18-6-4-5-15(11-18)20-19(23)21(3)17-9-10-22(12-17)16-7-8-16/h4-6,11,16-17H,1,7-10,12-13H2,2-3H3,(H,20,23)/t17-/m0/s1. The highest BCUT2D eigenvalue weighted by Gasteiger charge is 2.36. The van der Waals surface area contributed by atoms with Crippen molar-refractivity contribution in [2.24, 2.45) is 0 Å². The lowest BCUT2D eigenvalue weighted by Gasteiger charge is -2.25. The highest BCUT2D eigenvalue weighted by atomic mass is 16.5. The maximum Gasteiger partial charge on any atom is 0.321 e.